The molecule has 1 aromatic rings. The molecule has 0 spiro atoms. The first-order chi connectivity index (χ1) is 7.24. The number of halogens is 4. The van der Waals surface area contributed by atoms with Gasteiger partial charge in [0, 0.05) is 37.2 Å². The fourth-order valence-electron chi connectivity index (χ4n) is 1.83. The van der Waals surface area contributed by atoms with Gasteiger partial charge in [0.15, 0.2) is 0 Å². The molecule has 0 unspecified atom stereocenters. The highest BCUT2D eigenvalue weighted by Gasteiger charge is 2.10. The van der Waals surface area contributed by atoms with Crippen LogP contribution in [0.2, 0.25) is 0 Å². The monoisotopic (exact) mass is 344 g/mol. The lowest BCUT2D eigenvalue weighted by Crippen LogP contribution is -2.42. The predicted octanol–water partition coefficient (Wildman–Crippen LogP) is 2.84. The molecule has 1 aromatic carbocycles. The predicted molar refractivity (Wildman–Crippen MR) is 76.7 cm³/mol. The Morgan fingerprint density at radius 1 is 1.18 bits per heavy atom. The summed E-state index contributed by atoms with van der Waals surface area (Å²) < 4.78 is 13.9. The second-order valence-corrected chi connectivity index (χ2v) is 4.72. The molecule has 1 fully saturated rings. The van der Waals surface area contributed by atoms with Crippen LogP contribution in [0.15, 0.2) is 22.7 Å². The largest absolute Gasteiger partial charge is 0.314 e. The molecule has 0 aliphatic carbocycles. The molecule has 0 amide bonds. The van der Waals surface area contributed by atoms with Gasteiger partial charge < -0.3 is 5.32 Å². The van der Waals surface area contributed by atoms with Crippen LogP contribution < -0.4 is 5.32 Å². The number of hydrogen-bond donors (Lipinski definition) is 1. The molecule has 6 heteroatoms. The molecule has 0 bridgehead atoms. The zero-order chi connectivity index (χ0) is 10.7. The van der Waals surface area contributed by atoms with E-state index < -0.39 is 0 Å². The van der Waals surface area contributed by atoms with Crippen LogP contribution in [0.25, 0.3) is 0 Å². The van der Waals surface area contributed by atoms with Crippen molar-refractivity contribution in [3.05, 3.63) is 34.1 Å². The fraction of sp³-hybridized carbons (Fsp3) is 0.455. The quantitative estimate of drug-likeness (QED) is 0.886. The molecule has 17 heavy (non-hydrogen) atoms. The van der Waals surface area contributed by atoms with Gasteiger partial charge in [-0.3, -0.25) is 4.90 Å². The normalized spacial score (nSPS) is 15.9. The van der Waals surface area contributed by atoms with Gasteiger partial charge in [-0.15, -0.1) is 24.8 Å². The Hall–Kier alpha value is 0.130. The first kappa shape index (κ1) is 17.1. The van der Waals surface area contributed by atoms with Crippen molar-refractivity contribution in [2.75, 3.05) is 26.2 Å². The lowest BCUT2D eigenvalue weighted by molar-refractivity contribution is 0.233. The van der Waals surface area contributed by atoms with Crippen molar-refractivity contribution in [2.45, 2.75) is 6.54 Å². The van der Waals surface area contributed by atoms with Gasteiger partial charge in [0.1, 0.15) is 5.82 Å². The van der Waals surface area contributed by atoms with Crippen LogP contribution in [0.1, 0.15) is 5.56 Å². The summed E-state index contributed by atoms with van der Waals surface area (Å²) in [5.41, 5.74) is 1.03. The summed E-state index contributed by atoms with van der Waals surface area (Å²) in [7, 11) is 0. The Balaban J connectivity index is 0.00000128. The van der Waals surface area contributed by atoms with Crippen LogP contribution in [0.3, 0.4) is 0 Å². The third kappa shape index (κ3) is 5.53. The summed E-state index contributed by atoms with van der Waals surface area (Å²) in [6.45, 7) is 4.95. The molecule has 0 saturated carbocycles. The molecule has 2 rings (SSSR count). The minimum absolute atomic E-state index is 0. The summed E-state index contributed by atoms with van der Waals surface area (Å²) in [4.78, 5) is 2.33. The van der Waals surface area contributed by atoms with Crippen LogP contribution >= 0.6 is 40.7 Å². The van der Waals surface area contributed by atoms with Crippen molar-refractivity contribution in [3.8, 4) is 0 Å². The number of benzene rings is 1. The highest BCUT2D eigenvalue weighted by atomic mass is 79.9. The van der Waals surface area contributed by atoms with E-state index in [-0.39, 0.29) is 30.6 Å². The van der Waals surface area contributed by atoms with E-state index in [0.717, 1.165) is 42.8 Å². The van der Waals surface area contributed by atoms with E-state index in [1.54, 1.807) is 6.07 Å². The molecule has 1 N–H and O–H groups in total. The Bertz CT molecular complexity index is 326. The van der Waals surface area contributed by atoms with Gasteiger partial charge in [0.25, 0.3) is 0 Å². The number of rotatable bonds is 2. The Labute approximate surface area is 122 Å². The minimum atomic E-state index is -0.172. The zero-order valence-corrected chi connectivity index (χ0v) is 12.5. The number of piperazine rings is 1. The van der Waals surface area contributed by atoms with Gasteiger partial charge in [-0.05, 0) is 23.8 Å². The molecule has 1 aliphatic heterocycles. The summed E-state index contributed by atoms with van der Waals surface area (Å²) in [5.74, 6) is -0.172. The topological polar surface area (TPSA) is 15.3 Å². The van der Waals surface area contributed by atoms with Crippen molar-refractivity contribution >= 4 is 40.7 Å². The van der Waals surface area contributed by atoms with E-state index in [1.165, 1.54) is 6.07 Å². The van der Waals surface area contributed by atoms with Gasteiger partial charge in [-0.1, -0.05) is 15.9 Å². The Morgan fingerprint density at radius 3 is 2.41 bits per heavy atom. The standard InChI is InChI=1S/C11H14BrFN2.2ClH/c12-10-5-9(6-11(13)7-10)8-15-3-1-14-2-4-15;;/h5-7,14H,1-4,8H2;2*1H. The smallest absolute Gasteiger partial charge is 0.124 e. The maximum Gasteiger partial charge on any atom is 0.124 e. The van der Waals surface area contributed by atoms with Crippen LogP contribution in [-0.2, 0) is 6.54 Å². The lowest BCUT2D eigenvalue weighted by Gasteiger charge is -2.27. The van der Waals surface area contributed by atoms with Crippen molar-refractivity contribution in [1.82, 2.24) is 10.2 Å². The van der Waals surface area contributed by atoms with Gasteiger partial charge in [-0.2, -0.15) is 0 Å². The van der Waals surface area contributed by atoms with Crippen LogP contribution in [0, 0.1) is 5.82 Å². The third-order valence-electron chi connectivity index (χ3n) is 2.54. The van der Waals surface area contributed by atoms with E-state index in [4.69, 9.17) is 0 Å². The summed E-state index contributed by atoms with van der Waals surface area (Å²) in [6, 6.07) is 5.07. The molecule has 98 valence electrons. The second kappa shape index (κ2) is 8.27. The van der Waals surface area contributed by atoms with Crippen LogP contribution in [0.4, 0.5) is 4.39 Å². The molecular weight excluding hydrogens is 330 g/mol. The maximum atomic E-state index is 13.1. The SMILES string of the molecule is Cl.Cl.Fc1cc(Br)cc(CN2CCNCC2)c1. The molecular formula is C11H16BrCl2FN2. The highest BCUT2D eigenvalue weighted by Crippen LogP contribution is 2.16. The van der Waals surface area contributed by atoms with Crippen molar-refractivity contribution in [3.63, 3.8) is 0 Å². The van der Waals surface area contributed by atoms with E-state index in [9.17, 15) is 4.39 Å². The Morgan fingerprint density at radius 2 is 1.82 bits per heavy atom. The van der Waals surface area contributed by atoms with Crippen molar-refractivity contribution in [2.24, 2.45) is 0 Å². The molecule has 1 aliphatic rings. The first-order valence-corrected chi connectivity index (χ1v) is 5.91. The van der Waals surface area contributed by atoms with E-state index in [0.29, 0.717) is 0 Å². The third-order valence-corrected chi connectivity index (χ3v) is 3.00. The minimum Gasteiger partial charge on any atom is -0.314 e. The maximum absolute atomic E-state index is 13.1. The van der Waals surface area contributed by atoms with Gasteiger partial charge >= 0.3 is 0 Å². The Kier molecular flexibility index (Phi) is 8.33. The van der Waals surface area contributed by atoms with E-state index in [1.807, 2.05) is 6.07 Å². The van der Waals surface area contributed by atoms with Gasteiger partial charge in [-0.25, -0.2) is 4.39 Å². The summed E-state index contributed by atoms with van der Waals surface area (Å²) >= 11 is 3.31. The molecule has 2 nitrogen and oxygen atoms in total. The number of nitrogens with zero attached hydrogens (tertiary/aromatic N) is 1. The van der Waals surface area contributed by atoms with Crippen LogP contribution in [0.5, 0.6) is 0 Å². The zero-order valence-electron chi connectivity index (χ0n) is 9.29. The van der Waals surface area contributed by atoms with Crippen LogP contribution in [-0.4, -0.2) is 31.1 Å². The lowest BCUT2D eigenvalue weighted by atomic mass is 10.2. The molecule has 1 heterocycles. The average Bonchev–Trinajstić information content (AvgIpc) is 2.17. The van der Waals surface area contributed by atoms with Gasteiger partial charge in [0.05, 0.1) is 0 Å². The summed E-state index contributed by atoms with van der Waals surface area (Å²) in [5, 5.41) is 3.30. The highest BCUT2D eigenvalue weighted by molar-refractivity contribution is 9.10. The molecule has 1 saturated heterocycles. The molecule has 0 atom stereocenters. The second-order valence-electron chi connectivity index (χ2n) is 3.80. The number of nitrogens with one attached hydrogen (secondary N) is 1. The fourth-order valence-corrected chi connectivity index (χ4v) is 2.34. The van der Waals surface area contributed by atoms with Crippen molar-refractivity contribution in [1.29, 1.82) is 0 Å². The molecule has 0 aromatic heterocycles. The van der Waals surface area contributed by atoms with Crippen molar-refractivity contribution < 1.29 is 4.39 Å². The molecule has 0 radical (unpaired) electrons. The van der Waals surface area contributed by atoms with E-state index >= 15 is 0 Å². The first-order valence-electron chi connectivity index (χ1n) is 5.12. The van der Waals surface area contributed by atoms with E-state index in [2.05, 4.69) is 26.1 Å². The van der Waals surface area contributed by atoms with Gasteiger partial charge in [0.2, 0.25) is 0 Å². The summed E-state index contributed by atoms with van der Waals surface area (Å²) in [6.07, 6.45) is 0. The average molecular weight is 346 g/mol. The number of hydrogen-bond acceptors (Lipinski definition) is 2.